The topological polar surface area (TPSA) is 99.4 Å². The number of carboxylic acids is 1. The molecule has 0 saturated heterocycles. The number of ether oxygens (including phenoxy) is 1. The Morgan fingerprint density at radius 3 is 2.62 bits per heavy atom. The number of carbonyl (C=O) groups excluding carboxylic acids is 1. The molecule has 2 aromatic carbocycles. The molecule has 1 heterocycles. The van der Waals surface area contributed by atoms with Gasteiger partial charge in [0.15, 0.2) is 16.7 Å². The second kappa shape index (κ2) is 8.83. The summed E-state index contributed by atoms with van der Waals surface area (Å²) in [5, 5.41) is 19.1. The highest BCUT2D eigenvalue weighted by Gasteiger charge is 2.34. The van der Waals surface area contributed by atoms with Crippen LogP contribution in [0.1, 0.15) is 19.4 Å². The quantitative estimate of drug-likeness (QED) is 0.701. The predicted molar refractivity (Wildman–Crippen MR) is 113 cm³/mol. The summed E-state index contributed by atoms with van der Waals surface area (Å²) in [7, 11) is 0. The van der Waals surface area contributed by atoms with Crippen molar-refractivity contribution < 1.29 is 24.5 Å². The molecule has 150 valence electrons. The third kappa shape index (κ3) is 4.43. The first-order valence-corrected chi connectivity index (χ1v) is 9.84. The minimum absolute atomic E-state index is 0.0869. The molecule has 8 heteroatoms. The van der Waals surface area contributed by atoms with Crippen LogP contribution in [-0.4, -0.2) is 39.1 Å². The van der Waals surface area contributed by atoms with E-state index in [-0.39, 0.29) is 16.6 Å². The van der Waals surface area contributed by atoms with Crippen LogP contribution in [0.2, 0.25) is 0 Å². The van der Waals surface area contributed by atoms with E-state index in [4.69, 9.17) is 4.74 Å². The number of anilines is 1. The number of thioether (sulfide) groups is 1. The first-order chi connectivity index (χ1) is 13.9. The zero-order valence-electron chi connectivity index (χ0n) is 15.9. The van der Waals surface area contributed by atoms with Crippen molar-refractivity contribution in [1.29, 1.82) is 0 Å². The summed E-state index contributed by atoms with van der Waals surface area (Å²) >= 11 is 0.979. The number of phenolic OH excluding ortho intramolecular Hbond substituents is 1. The van der Waals surface area contributed by atoms with Crippen LogP contribution >= 0.6 is 11.8 Å². The maximum atomic E-state index is 13.1. The van der Waals surface area contributed by atoms with Crippen LogP contribution in [0.15, 0.2) is 59.2 Å². The molecule has 0 aromatic heterocycles. The van der Waals surface area contributed by atoms with Gasteiger partial charge in [0.05, 0.1) is 12.3 Å². The number of amides is 1. The molecule has 0 bridgehead atoms. The molecule has 1 unspecified atom stereocenters. The van der Waals surface area contributed by atoms with Crippen molar-refractivity contribution in [1.82, 2.24) is 0 Å². The number of benzene rings is 2. The zero-order chi connectivity index (χ0) is 21.0. The van der Waals surface area contributed by atoms with Gasteiger partial charge in [0.2, 0.25) is 0 Å². The average Bonchev–Trinajstić information content (AvgIpc) is 3.00. The molecule has 1 aliphatic rings. The highest BCUT2D eigenvalue weighted by molar-refractivity contribution is 8.15. The first-order valence-electron chi connectivity index (χ1n) is 8.96. The van der Waals surface area contributed by atoms with Gasteiger partial charge in [-0.1, -0.05) is 42.1 Å². The predicted octanol–water partition coefficient (Wildman–Crippen LogP) is 3.74. The molecule has 0 saturated carbocycles. The Morgan fingerprint density at radius 2 is 1.97 bits per heavy atom. The maximum Gasteiger partial charge on any atom is 0.316 e. The number of aromatic hydroxyl groups is 1. The van der Waals surface area contributed by atoms with Crippen LogP contribution in [0.3, 0.4) is 0 Å². The van der Waals surface area contributed by atoms with Crippen LogP contribution in [0.25, 0.3) is 6.08 Å². The van der Waals surface area contributed by atoms with Crippen LogP contribution in [-0.2, 0) is 9.59 Å². The van der Waals surface area contributed by atoms with Crippen molar-refractivity contribution in [3.05, 3.63) is 59.8 Å². The number of nitrogens with zero attached hydrogens (tertiary/aromatic N) is 2. The fourth-order valence-electron chi connectivity index (χ4n) is 2.66. The molecule has 0 fully saturated rings. The fourth-order valence-corrected chi connectivity index (χ4v) is 3.53. The number of aliphatic carboxylic acids is 1. The molecule has 2 aromatic rings. The van der Waals surface area contributed by atoms with Crippen LogP contribution in [0, 0.1) is 0 Å². The Balaban J connectivity index is 2.02. The van der Waals surface area contributed by atoms with E-state index in [1.54, 1.807) is 49.4 Å². The molecule has 1 atom stereocenters. The molecular weight excluding hydrogens is 392 g/mol. The number of carboxylic acid groups (broad SMARTS) is 1. The van der Waals surface area contributed by atoms with Gasteiger partial charge in [0, 0.05) is 5.56 Å². The average molecular weight is 412 g/mol. The monoisotopic (exact) mass is 412 g/mol. The molecule has 29 heavy (non-hydrogen) atoms. The van der Waals surface area contributed by atoms with Gasteiger partial charge in [0.1, 0.15) is 10.9 Å². The number of phenols is 1. The van der Waals surface area contributed by atoms with Gasteiger partial charge in [-0.05, 0) is 38.1 Å². The summed E-state index contributed by atoms with van der Waals surface area (Å²) in [6.45, 7) is 3.73. The number of carbonyl (C=O) groups is 2. The van der Waals surface area contributed by atoms with E-state index in [1.165, 1.54) is 17.9 Å². The number of amidine groups is 1. The van der Waals surface area contributed by atoms with E-state index in [0.29, 0.717) is 23.6 Å². The fraction of sp³-hybridized carbons (Fsp3) is 0.190. The van der Waals surface area contributed by atoms with Crippen molar-refractivity contribution >= 4 is 40.6 Å². The summed E-state index contributed by atoms with van der Waals surface area (Å²) < 4.78 is 5.38. The first kappa shape index (κ1) is 20.5. The van der Waals surface area contributed by atoms with Crippen LogP contribution < -0.4 is 9.64 Å². The van der Waals surface area contributed by atoms with Crippen LogP contribution in [0.5, 0.6) is 11.5 Å². The largest absolute Gasteiger partial charge is 0.504 e. The van der Waals surface area contributed by atoms with E-state index in [0.717, 1.165) is 11.8 Å². The Labute approximate surface area is 172 Å². The normalized spacial score (nSPS) is 16.1. The van der Waals surface area contributed by atoms with Crippen LogP contribution in [0.4, 0.5) is 5.69 Å². The second-order valence-electron chi connectivity index (χ2n) is 6.13. The summed E-state index contributed by atoms with van der Waals surface area (Å²) in [6.07, 6.45) is 1.47. The van der Waals surface area contributed by atoms with Crippen molar-refractivity contribution in [2.24, 2.45) is 4.99 Å². The molecule has 1 amide bonds. The number of hydrogen-bond acceptors (Lipinski definition) is 6. The molecule has 7 nitrogen and oxygen atoms in total. The van der Waals surface area contributed by atoms with E-state index < -0.39 is 17.1 Å². The Bertz CT molecular complexity index is 988. The van der Waals surface area contributed by atoms with E-state index in [1.807, 2.05) is 6.07 Å². The molecule has 2 N–H and O–H groups in total. The zero-order valence-corrected chi connectivity index (χ0v) is 16.7. The molecule has 3 rings (SSSR count). The number of rotatable bonds is 6. The van der Waals surface area contributed by atoms with Crippen molar-refractivity contribution in [2.75, 3.05) is 11.5 Å². The van der Waals surface area contributed by atoms with Gasteiger partial charge in [0.25, 0.3) is 5.91 Å². The maximum absolute atomic E-state index is 13.1. The summed E-state index contributed by atoms with van der Waals surface area (Å²) in [5.74, 6) is -1.18. The van der Waals surface area contributed by atoms with Crippen molar-refractivity contribution in [3.8, 4) is 11.5 Å². The lowest BCUT2D eigenvalue weighted by molar-refractivity contribution is -0.136. The minimum Gasteiger partial charge on any atom is -0.504 e. The third-order valence-corrected chi connectivity index (χ3v) is 5.14. The van der Waals surface area contributed by atoms with Gasteiger partial charge in [-0.3, -0.25) is 14.5 Å². The third-order valence-electron chi connectivity index (χ3n) is 4.10. The lowest BCUT2D eigenvalue weighted by atomic mass is 10.1. The Kier molecular flexibility index (Phi) is 6.23. The van der Waals surface area contributed by atoms with Crippen molar-refractivity contribution in [2.45, 2.75) is 19.1 Å². The lowest BCUT2D eigenvalue weighted by Gasteiger charge is -2.18. The lowest BCUT2D eigenvalue weighted by Crippen LogP contribution is -2.32. The molecule has 0 spiro atoms. The summed E-state index contributed by atoms with van der Waals surface area (Å²) in [5.41, 5.74) is 1.06. The number of hydrogen-bond donors (Lipinski definition) is 2. The van der Waals surface area contributed by atoms with Gasteiger partial charge in [-0.2, -0.15) is 0 Å². The van der Waals surface area contributed by atoms with Gasteiger partial charge < -0.3 is 14.9 Å². The van der Waals surface area contributed by atoms with Gasteiger partial charge in [-0.15, -0.1) is 0 Å². The van der Waals surface area contributed by atoms with Crippen molar-refractivity contribution in [3.63, 3.8) is 0 Å². The van der Waals surface area contributed by atoms with Gasteiger partial charge in [-0.25, -0.2) is 4.99 Å². The van der Waals surface area contributed by atoms with E-state index >= 15 is 0 Å². The summed E-state index contributed by atoms with van der Waals surface area (Å²) in [6, 6.07) is 13.9. The highest BCUT2D eigenvalue weighted by atomic mass is 32.2. The number of para-hydroxylation sites is 2. The Morgan fingerprint density at radius 1 is 1.24 bits per heavy atom. The van der Waals surface area contributed by atoms with E-state index in [9.17, 15) is 19.8 Å². The standard InChI is InChI=1S/C21H20N2O5S/c1-3-28-17-11-7-8-14(18(17)24)12-16-19(25)23(15-9-5-4-6-10-15)21(22-16)29-13(2)20(26)27/h4-13,24H,3H2,1-2H3,(H,26,27)/b16-12-. The molecule has 0 radical (unpaired) electrons. The minimum atomic E-state index is -1.00. The summed E-state index contributed by atoms with van der Waals surface area (Å²) in [4.78, 5) is 30.1. The smallest absolute Gasteiger partial charge is 0.316 e. The SMILES string of the molecule is CCOc1cccc(/C=C2\N=C(SC(C)C(=O)O)N(c3ccccc3)C2=O)c1O. The second-order valence-corrected chi connectivity index (χ2v) is 7.43. The Hall–Kier alpha value is -3.26. The molecule has 1 aliphatic heterocycles. The van der Waals surface area contributed by atoms with Gasteiger partial charge >= 0.3 is 5.97 Å². The number of aliphatic imine (C=N–C) groups is 1. The molecular formula is C21H20N2O5S. The molecule has 0 aliphatic carbocycles. The van der Waals surface area contributed by atoms with E-state index in [2.05, 4.69) is 4.99 Å². The highest BCUT2D eigenvalue weighted by Crippen LogP contribution is 2.35.